The lowest BCUT2D eigenvalue weighted by Gasteiger charge is -2.05. The zero-order valence-electron chi connectivity index (χ0n) is 11.3. The van der Waals surface area contributed by atoms with Gasteiger partial charge in [0, 0.05) is 6.07 Å². The lowest BCUT2D eigenvalue weighted by molar-refractivity contribution is 0.392. The molecule has 7 nitrogen and oxygen atoms in total. The fourth-order valence-electron chi connectivity index (χ4n) is 1.58. The molecule has 21 heavy (non-hydrogen) atoms. The number of hydrogen-bond acceptors (Lipinski definition) is 6. The van der Waals surface area contributed by atoms with Crippen LogP contribution in [-0.4, -0.2) is 25.1 Å². The van der Waals surface area contributed by atoms with Gasteiger partial charge in [-0.3, -0.25) is 4.72 Å². The van der Waals surface area contributed by atoms with Crippen LogP contribution in [0.4, 0.5) is 5.82 Å². The quantitative estimate of drug-likeness (QED) is 0.801. The third kappa shape index (κ3) is 4.59. The Morgan fingerprint density at radius 2 is 2.24 bits per heavy atom. The molecular weight excluding hydrogens is 292 g/mol. The molecule has 0 aromatic carbocycles. The van der Waals surface area contributed by atoms with Gasteiger partial charge in [0.2, 0.25) is 10.0 Å². The summed E-state index contributed by atoms with van der Waals surface area (Å²) in [5.74, 6) is 5.85. The minimum absolute atomic E-state index is 0.194. The van der Waals surface area contributed by atoms with Gasteiger partial charge in [0.05, 0.1) is 6.54 Å². The van der Waals surface area contributed by atoms with E-state index in [2.05, 4.69) is 26.7 Å². The normalized spacial score (nSPS) is 10.8. The molecule has 0 saturated carbocycles. The smallest absolute Gasteiger partial charge is 0.239 e. The molecule has 0 aliphatic rings. The molecule has 0 atom stereocenters. The van der Waals surface area contributed by atoms with E-state index in [0.29, 0.717) is 17.1 Å². The van der Waals surface area contributed by atoms with Crippen LogP contribution in [0.5, 0.6) is 0 Å². The summed E-state index contributed by atoms with van der Waals surface area (Å²) < 4.78 is 31.2. The first-order valence-corrected chi connectivity index (χ1v) is 7.72. The van der Waals surface area contributed by atoms with Crippen molar-refractivity contribution < 1.29 is 12.9 Å². The molecule has 2 heterocycles. The van der Waals surface area contributed by atoms with E-state index in [0.717, 1.165) is 0 Å². The monoisotopic (exact) mass is 306 g/mol. The van der Waals surface area contributed by atoms with Crippen LogP contribution in [0.3, 0.4) is 0 Å². The number of anilines is 1. The van der Waals surface area contributed by atoms with Gasteiger partial charge < -0.3 is 10.3 Å². The lowest BCUT2D eigenvalue weighted by atomic mass is 10.3. The number of nitrogens with two attached hydrogens (primary N) is 1. The Labute approximate surface area is 122 Å². The minimum Gasteiger partial charge on any atom is -0.361 e. The highest BCUT2D eigenvalue weighted by atomic mass is 32.2. The van der Waals surface area contributed by atoms with E-state index in [4.69, 9.17) is 10.3 Å². The highest BCUT2D eigenvalue weighted by Crippen LogP contribution is 2.11. The molecule has 0 radical (unpaired) electrons. The average molecular weight is 306 g/mol. The lowest BCUT2D eigenvalue weighted by Crippen LogP contribution is -2.16. The number of sulfonamides is 1. The molecule has 2 aromatic heterocycles. The molecule has 2 aromatic rings. The van der Waals surface area contributed by atoms with Crippen molar-refractivity contribution in [2.45, 2.75) is 12.7 Å². The molecule has 2 rings (SSSR count). The first kappa shape index (κ1) is 15.0. The van der Waals surface area contributed by atoms with Crippen molar-refractivity contribution in [3.8, 4) is 11.8 Å². The molecule has 0 fully saturated rings. The van der Waals surface area contributed by atoms with Gasteiger partial charge in [-0.15, -0.1) is 0 Å². The maximum Gasteiger partial charge on any atom is 0.239 e. The number of aromatic nitrogens is 2. The molecule has 0 unspecified atom stereocenters. The van der Waals surface area contributed by atoms with Crippen molar-refractivity contribution in [3.05, 3.63) is 41.4 Å². The van der Waals surface area contributed by atoms with Gasteiger partial charge in [0.25, 0.3) is 0 Å². The van der Waals surface area contributed by atoms with E-state index in [1.807, 2.05) is 0 Å². The van der Waals surface area contributed by atoms with Gasteiger partial charge in [0.15, 0.2) is 0 Å². The van der Waals surface area contributed by atoms with E-state index in [1.165, 1.54) is 0 Å². The summed E-state index contributed by atoms with van der Waals surface area (Å²) in [6, 6.07) is 6.43. The molecule has 8 heteroatoms. The van der Waals surface area contributed by atoms with Crippen molar-refractivity contribution in [1.82, 2.24) is 10.1 Å². The fourth-order valence-corrected chi connectivity index (χ4v) is 2.61. The van der Waals surface area contributed by atoms with Gasteiger partial charge in [0.1, 0.15) is 28.7 Å². The Morgan fingerprint density at radius 1 is 1.43 bits per heavy atom. The van der Waals surface area contributed by atoms with E-state index < -0.39 is 10.0 Å². The van der Waals surface area contributed by atoms with Gasteiger partial charge in [-0.1, -0.05) is 17.1 Å². The largest absolute Gasteiger partial charge is 0.361 e. The Balaban J connectivity index is 2.13. The Kier molecular flexibility index (Phi) is 4.57. The Bertz CT molecular complexity index is 787. The van der Waals surface area contributed by atoms with Crippen molar-refractivity contribution in [2.24, 2.45) is 5.73 Å². The van der Waals surface area contributed by atoms with Crippen LogP contribution in [0.1, 0.15) is 17.1 Å². The summed E-state index contributed by atoms with van der Waals surface area (Å²) in [6.45, 7) is 1.90. The molecule has 3 N–H and O–H groups in total. The number of rotatable bonds is 4. The van der Waals surface area contributed by atoms with Crippen LogP contribution in [-0.2, 0) is 15.8 Å². The average Bonchev–Trinajstić information content (AvgIpc) is 2.80. The number of pyridine rings is 1. The fraction of sp³-hybridized carbons (Fsp3) is 0.231. The van der Waals surface area contributed by atoms with Crippen LogP contribution in [0, 0.1) is 18.8 Å². The first-order valence-electron chi connectivity index (χ1n) is 6.07. The summed E-state index contributed by atoms with van der Waals surface area (Å²) in [5.41, 5.74) is 6.05. The molecular formula is C13H14N4O3S. The van der Waals surface area contributed by atoms with Crippen LogP contribution in [0.15, 0.2) is 28.8 Å². The Morgan fingerprint density at radius 3 is 2.90 bits per heavy atom. The molecule has 0 aliphatic carbocycles. The van der Waals surface area contributed by atoms with Crippen molar-refractivity contribution in [3.63, 3.8) is 0 Å². The third-order valence-corrected chi connectivity index (χ3v) is 3.54. The number of hydrogen-bond donors (Lipinski definition) is 2. The molecule has 110 valence electrons. The molecule has 0 spiro atoms. The van der Waals surface area contributed by atoms with E-state index in [9.17, 15) is 8.42 Å². The zero-order chi connectivity index (χ0) is 15.3. The second kappa shape index (κ2) is 6.39. The van der Waals surface area contributed by atoms with E-state index in [1.54, 1.807) is 31.2 Å². The van der Waals surface area contributed by atoms with Crippen molar-refractivity contribution in [1.29, 1.82) is 0 Å². The SMILES string of the molecule is Cc1cc(CS(=O)(=O)Nc2cccc(C#CCN)n2)no1. The molecule has 0 amide bonds. The van der Waals surface area contributed by atoms with Crippen LogP contribution < -0.4 is 10.5 Å². The van der Waals surface area contributed by atoms with Crippen LogP contribution in [0.2, 0.25) is 0 Å². The minimum atomic E-state index is -3.62. The van der Waals surface area contributed by atoms with E-state index >= 15 is 0 Å². The molecule has 0 aliphatic heterocycles. The summed E-state index contributed by atoms with van der Waals surface area (Å²) in [5, 5.41) is 3.65. The van der Waals surface area contributed by atoms with Gasteiger partial charge in [-0.25, -0.2) is 13.4 Å². The maximum atomic E-state index is 12.0. The van der Waals surface area contributed by atoms with Gasteiger partial charge in [-0.05, 0) is 25.0 Å². The summed E-state index contributed by atoms with van der Waals surface area (Å²) >= 11 is 0. The standard InChI is InChI=1S/C13H14N4O3S/c1-10-8-12(16-20-10)9-21(18,19)17-13-6-2-4-11(15-13)5-3-7-14/h2,4,6,8H,7,9,14H2,1H3,(H,15,17). The van der Waals surface area contributed by atoms with Crippen molar-refractivity contribution in [2.75, 3.05) is 11.3 Å². The zero-order valence-corrected chi connectivity index (χ0v) is 12.1. The topological polar surface area (TPSA) is 111 Å². The van der Waals surface area contributed by atoms with Crippen molar-refractivity contribution >= 4 is 15.8 Å². The second-order valence-electron chi connectivity index (χ2n) is 4.20. The van der Waals surface area contributed by atoms with Gasteiger partial charge >= 0.3 is 0 Å². The summed E-state index contributed by atoms with van der Waals surface area (Å²) in [6.07, 6.45) is 0. The van der Waals surface area contributed by atoms with Crippen LogP contribution in [0.25, 0.3) is 0 Å². The second-order valence-corrected chi connectivity index (χ2v) is 5.93. The predicted molar refractivity (Wildman–Crippen MR) is 77.7 cm³/mol. The maximum absolute atomic E-state index is 12.0. The van der Waals surface area contributed by atoms with Gasteiger partial charge in [-0.2, -0.15) is 0 Å². The summed E-state index contributed by atoms with van der Waals surface area (Å²) in [4.78, 5) is 4.08. The number of nitrogens with zero attached hydrogens (tertiary/aromatic N) is 2. The third-order valence-electron chi connectivity index (χ3n) is 2.34. The highest BCUT2D eigenvalue weighted by molar-refractivity contribution is 7.91. The van der Waals surface area contributed by atoms with Crippen LogP contribution >= 0.6 is 0 Å². The number of nitrogens with one attached hydrogen (secondary N) is 1. The molecule has 0 bridgehead atoms. The predicted octanol–water partition coefficient (Wildman–Crippen LogP) is 0.630. The molecule has 0 saturated heterocycles. The highest BCUT2D eigenvalue weighted by Gasteiger charge is 2.15. The number of aryl methyl sites for hydroxylation is 1. The van der Waals surface area contributed by atoms with E-state index in [-0.39, 0.29) is 18.1 Å². The summed E-state index contributed by atoms with van der Waals surface area (Å²) in [7, 11) is -3.62. The first-order chi connectivity index (χ1) is 9.98. The Hall–Kier alpha value is -2.37.